The molecule has 1 amide bonds. The number of likely N-dealkylation sites (tertiary alicyclic amines) is 1. The minimum Gasteiger partial charge on any atom is -0.444 e. The van der Waals surface area contributed by atoms with Crippen molar-refractivity contribution in [1.82, 2.24) is 14.9 Å². The molecule has 2 aliphatic heterocycles. The number of hydrogen-bond acceptors (Lipinski definition) is 8. The van der Waals surface area contributed by atoms with Gasteiger partial charge in [0.1, 0.15) is 22.7 Å². The first kappa shape index (κ1) is 22.6. The molecule has 2 fully saturated rings. The summed E-state index contributed by atoms with van der Waals surface area (Å²) in [5.74, 6) is 0.855. The van der Waals surface area contributed by atoms with E-state index in [4.69, 9.17) is 9.47 Å². The van der Waals surface area contributed by atoms with E-state index < -0.39 is 5.60 Å². The van der Waals surface area contributed by atoms with Crippen molar-refractivity contribution >= 4 is 34.6 Å². The van der Waals surface area contributed by atoms with Crippen LogP contribution in [0.25, 0.3) is 11.0 Å². The number of morpholine rings is 1. The zero-order valence-corrected chi connectivity index (χ0v) is 19.8. The molecule has 2 aliphatic rings. The normalized spacial score (nSPS) is 21.8. The van der Waals surface area contributed by atoms with Gasteiger partial charge in [-0.25, -0.2) is 4.79 Å². The van der Waals surface area contributed by atoms with Crippen LogP contribution in [0.2, 0.25) is 0 Å². The fourth-order valence-electron chi connectivity index (χ4n) is 3.98. The van der Waals surface area contributed by atoms with Crippen molar-refractivity contribution in [2.24, 2.45) is 0 Å². The Balaban J connectivity index is 1.36. The zero-order valence-electron chi connectivity index (χ0n) is 18.9. The molecule has 0 aliphatic carbocycles. The molecule has 0 bridgehead atoms. The molecule has 4 rings (SSSR count). The highest BCUT2D eigenvalue weighted by Crippen LogP contribution is 2.31. The monoisotopic (exact) mass is 455 g/mol. The zero-order chi connectivity index (χ0) is 22.9. The Morgan fingerprint density at radius 3 is 2.62 bits per heavy atom. The maximum Gasteiger partial charge on any atom is 0.410 e. The fraction of sp³-hybridized carbons (Fsp3) is 0.565. The van der Waals surface area contributed by atoms with Crippen LogP contribution in [-0.4, -0.2) is 76.0 Å². The van der Waals surface area contributed by atoms with Gasteiger partial charge in [0.05, 0.1) is 23.5 Å². The smallest absolute Gasteiger partial charge is 0.410 e. The van der Waals surface area contributed by atoms with Crippen molar-refractivity contribution in [3.8, 4) is 6.07 Å². The van der Waals surface area contributed by atoms with E-state index >= 15 is 0 Å². The van der Waals surface area contributed by atoms with Crippen LogP contribution in [0.5, 0.6) is 0 Å². The number of rotatable bonds is 4. The number of thioether (sulfide) groups is 1. The van der Waals surface area contributed by atoms with Crippen LogP contribution < -0.4 is 4.90 Å². The van der Waals surface area contributed by atoms with Gasteiger partial charge in [-0.15, -0.1) is 0 Å². The number of benzene rings is 1. The average molecular weight is 456 g/mol. The van der Waals surface area contributed by atoms with Gasteiger partial charge in [0, 0.05) is 49.6 Å². The number of anilines is 1. The fourth-order valence-corrected chi connectivity index (χ4v) is 5.23. The van der Waals surface area contributed by atoms with Gasteiger partial charge in [-0.1, -0.05) is 0 Å². The molecule has 2 aromatic rings. The number of amides is 1. The minimum atomic E-state index is -0.467. The molecule has 2 atom stereocenters. The molecule has 170 valence electrons. The van der Waals surface area contributed by atoms with E-state index in [1.54, 1.807) is 17.3 Å². The maximum absolute atomic E-state index is 12.1. The number of carbonyl (C=O) groups is 1. The summed E-state index contributed by atoms with van der Waals surface area (Å²) >= 11 is 1.85. The predicted molar refractivity (Wildman–Crippen MR) is 125 cm³/mol. The molecule has 0 N–H and O–H groups in total. The lowest BCUT2D eigenvalue weighted by atomic mass is 10.1. The Morgan fingerprint density at radius 1 is 1.22 bits per heavy atom. The molecule has 8 nitrogen and oxygen atoms in total. The largest absolute Gasteiger partial charge is 0.444 e. The highest BCUT2D eigenvalue weighted by molar-refractivity contribution is 8.00. The first-order chi connectivity index (χ1) is 15.2. The summed E-state index contributed by atoms with van der Waals surface area (Å²) in [4.78, 5) is 25.0. The standard InChI is InChI=1S/C23H29N5O3S/c1-15-10-27(19-6-5-16(9-24)20-21(19)26-8-7-25-20)11-17(30-15)14-32-18-12-28(13-18)22(29)31-23(2,3)4/h5-8,15,17-18H,10-14H2,1-4H3/t15-,17-/m1/s1. The van der Waals surface area contributed by atoms with Crippen LogP contribution in [0.15, 0.2) is 24.5 Å². The summed E-state index contributed by atoms with van der Waals surface area (Å²) in [6.07, 6.45) is 3.19. The van der Waals surface area contributed by atoms with E-state index in [2.05, 4.69) is 27.9 Å². The summed E-state index contributed by atoms with van der Waals surface area (Å²) < 4.78 is 11.6. The minimum absolute atomic E-state index is 0.0710. The quantitative estimate of drug-likeness (QED) is 0.692. The van der Waals surface area contributed by atoms with Crippen LogP contribution in [-0.2, 0) is 9.47 Å². The highest BCUT2D eigenvalue weighted by Gasteiger charge is 2.35. The molecule has 9 heteroatoms. The number of nitrogens with zero attached hydrogens (tertiary/aromatic N) is 5. The predicted octanol–water partition coefficient (Wildman–Crippen LogP) is 3.45. The van der Waals surface area contributed by atoms with Crippen LogP contribution in [0.4, 0.5) is 10.5 Å². The first-order valence-corrected chi connectivity index (χ1v) is 11.9. The summed E-state index contributed by atoms with van der Waals surface area (Å²) in [6.45, 7) is 10.6. The van der Waals surface area contributed by atoms with E-state index in [-0.39, 0.29) is 18.3 Å². The van der Waals surface area contributed by atoms with Gasteiger partial charge in [-0.3, -0.25) is 9.97 Å². The van der Waals surface area contributed by atoms with Gasteiger partial charge >= 0.3 is 6.09 Å². The second kappa shape index (κ2) is 9.12. The molecular weight excluding hydrogens is 426 g/mol. The van der Waals surface area contributed by atoms with Crippen LogP contribution in [0, 0.1) is 11.3 Å². The number of nitriles is 1. The molecule has 2 saturated heterocycles. The first-order valence-electron chi connectivity index (χ1n) is 10.9. The maximum atomic E-state index is 12.1. The van der Waals surface area contributed by atoms with Gasteiger partial charge in [0.15, 0.2) is 0 Å². The highest BCUT2D eigenvalue weighted by atomic mass is 32.2. The van der Waals surface area contributed by atoms with Crippen LogP contribution in [0.3, 0.4) is 0 Å². The second-order valence-corrected chi connectivity index (χ2v) is 10.6. The van der Waals surface area contributed by atoms with Gasteiger partial charge in [-0.05, 0) is 39.8 Å². The van der Waals surface area contributed by atoms with E-state index in [9.17, 15) is 10.1 Å². The molecule has 0 unspecified atom stereocenters. The van der Waals surface area contributed by atoms with Crippen LogP contribution in [0.1, 0.15) is 33.3 Å². The topological polar surface area (TPSA) is 91.6 Å². The summed E-state index contributed by atoms with van der Waals surface area (Å²) in [5, 5.41) is 9.79. The van der Waals surface area contributed by atoms with Gasteiger partial charge < -0.3 is 19.3 Å². The van der Waals surface area contributed by atoms with E-state index in [0.29, 0.717) is 29.4 Å². The third kappa shape index (κ3) is 5.08. The summed E-state index contributed by atoms with van der Waals surface area (Å²) in [5.41, 5.74) is 2.43. The number of hydrogen-bond donors (Lipinski definition) is 0. The second-order valence-electron chi connectivity index (χ2n) is 9.31. The van der Waals surface area contributed by atoms with E-state index in [1.807, 2.05) is 44.7 Å². The van der Waals surface area contributed by atoms with Crippen molar-refractivity contribution in [2.45, 2.75) is 50.8 Å². The van der Waals surface area contributed by atoms with Crippen LogP contribution >= 0.6 is 11.8 Å². The number of aromatic nitrogens is 2. The third-order valence-electron chi connectivity index (χ3n) is 5.41. The van der Waals surface area contributed by atoms with E-state index in [0.717, 1.165) is 30.0 Å². The van der Waals surface area contributed by atoms with Gasteiger partial charge in [0.2, 0.25) is 0 Å². The Bertz CT molecular complexity index is 1030. The van der Waals surface area contributed by atoms with Crippen molar-refractivity contribution in [1.29, 1.82) is 5.26 Å². The number of fused-ring (bicyclic) bond motifs is 1. The molecule has 0 radical (unpaired) electrons. The summed E-state index contributed by atoms with van der Waals surface area (Å²) in [6, 6.07) is 5.98. The summed E-state index contributed by atoms with van der Waals surface area (Å²) in [7, 11) is 0. The lowest BCUT2D eigenvalue weighted by molar-refractivity contribution is -0.00282. The lowest BCUT2D eigenvalue weighted by Crippen LogP contribution is -2.54. The molecule has 0 spiro atoms. The van der Waals surface area contributed by atoms with Gasteiger partial charge in [0.25, 0.3) is 0 Å². The Labute approximate surface area is 192 Å². The van der Waals surface area contributed by atoms with Crippen molar-refractivity contribution < 1.29 is 14.3 Å². The average Bonchev–Trinajstić information content (AvgIpc) is 2.70. The molecular formula is C23H29N5O3S. The third-order valence-corrected chi connectivity index (χ3v) is 6.74. The van der Waals surface area contributed by atoms with Crippen molar-refractivity contribution in [3.63, 3.8) is 0 Å². The molecule has 0 saturated carbocycles. The number of ether oxygens (including phenoxy) is 2. The molecule has 1 aromatic carbocycles. The Hall–Kier alpha value is -2.57. The molecule has 32 heavy (non-hydrogen) atoms. The van der Waals surface area contributed by atoms with Gasteiger partial charge in [-0.2, -0.15) is 17.0 Å². The Kier molecular flexibility index (Phi) is 6.45. The molecule has 3 heterocycles. The number of carbonyl (C=O) groups excluding carboxylic acids is 1. The SMILES string of the molecule is C[C@@H]1CN(c2ccc(C#N)c3nccnc23)C[C@H](CSC2CN(C(=O)OC(C)(C)C)C2)O1. The molecule has 1 aromatic heterocycles. The Morgan fingerprint density at radius 2 is 1.94 bits per heavy atom. The van der Waals surface area contributed by atoms with E-state index in [1.165, 1.54) is 0 Å². The van der Waals surface area contributed by atoms with Crippen molar-refractivity contribution in [3.05, 3.63) is 30.1 Å². The lowest BCUT2D eigenvalue weighted by Gasteiger charge is -2.41. The van der Waals surface area contributed by atoms with Crippen molar-refractivity contribution in [2.75, 3.05) is 36.8 Å².